The molecule has 0 radical (unpaired) electrons. The van der Waals surface area contributed by atoms with Crippen LogP contribution in [0, 0.1) is 5.41 Å². The molecule has 0 aromatic rings. The Morgan fingerprint density at radius 2 is 1.38 bits per heavy atom. The standard InChI is InChI=1S/C8H13BF3.K/c10-9(11,12)7-1-3-8(4-2-7)5-6-8;/h7H,1-6H2;/q-1;+1. The Morgan fingerprint density at radius 3 is 1.69 bits per heavy atom. The van der Waals surface area contributed by atoms with E-state index in [1.807, 2.05) is 0 Å². The van der Waals surface area contributed by atoms with E-state index in [2.05, 4.69) is 0 Å². The first-order chi connectivity index (χ1) is 5.52. The predicted octanol–water partition coefficient (Wildman–Crippen LogP) is 0.562. The van der Waals surface area contributed by atoms with Crippen LogP contribution in [0.5, 0.6) is 0 Å². The second-order valence-electron chi connectivity index (χ2n) is 4.46. The fraction of sp³-hybridized carbons (Fsp3) is 1.00. The van der Waals surface area contributed by atoms with Crippen LogP contribution in [0.4, 0.5) is 12.9 Å². The molecule has 2 aliphatic carbocycles. The zero-order valence-corrected chi connectivity index (χ0v) is 11.2. The normalized spacial score (nSPS) is 27.0. The SMILES string of the molecule is F[B-](F)(F)C1CCC2(CC1)CC2.[K+]. The van der Waals surface area contributed by atoms with E-state index in [0.717, 1.165) is 12.8 Å². The summed E-state index contributed by atoms with van der Waals surface area (Å²) in [5.41, 5.74) is 0.387. The first-order valence-corrected chi connectivity index (χ1v) is 4.72. The van der Waals surface area contributed by atoms with Crippen LogP contribution in [0.2, 0.25) is 5.82 Å². The van der Waals surface area contributed by atoms with E-state index in [1.165, 1.54) is 12.8 Å². The molecular formula is C8H13BF3K. The summed E-state index contributed by atoms with van der Waals surface area (Å²) in [6.07, 6.45) is 4.85. The molecule has 0 N–H and O–H groups in total. The van der Waals surface area contributed by atoms with Gasteiger partial charge in [-0.15, -0.1) is 0 Å². The zero-order valence-electron chi connectivity index (χ0n) is 8.03. The molecule has 0 aromatic heterocycles. The van der Waals surface area contributed by atoms with Gasteiger partial charge in [0, 0.05) is 0 Å². The van der Waals surface area contributed by atoms with Gasteiger partial charge in [-0.3, -0.25) is 0 Å². The van der Waals surface area contributed by atoms with E-state index >= 15 is 0 Å². The quantitative estimate of drug-likeness (QED) is 0.562. The van der Waals surface area contributed by atoms with Gasteiger partial charge in [0.1, 0.15) is 0 Å². The largest absolute Gasteiger partial charge is 1.00 e. The van der Waals surface area contributed by atoms with Crippen molar-refractivity contribution in [2.45, 2.75) is 44.3 Å². The summed E-state index contributed by atoms with van der Waals surface area (Å²) in [6, 6.07) is 0. The summed E-state index contributed by atoms with van der Waals surface area (Å²) >= 11 is 0. The molecule has 2 fully saturated rings. The Morgan fingerprint density at radius 1 is 0.923 bits per heavy atom. The maximum Gasteiger partial charge on any atom is 1.00 e. The average molecular weight is 216 g/mol. The minimum absolute atomic E-state index is 0. The maximum atomic E-state index is 12.3. The van der Waals surface area contributed by atoms with Gasteiger partial charge in [-0.2, -0.15) is 0 Å². The van der Waals surface area contributed by atoms with E-state index in [1.54, 1.807) is 0 Å². The molecule has 0 saturated heterocycles. The number of hydrogen-bond donors (Lipinski definition) is 0. The van der Waals surface area contributed by atoms with Gasteiger partial charge in [-0.05, 0) is 18.3 Å². The van der Waals surface area contributed by atoms with E-state index < -0.39 is 12.8 Å². The molecule has 0 aromatic carbocycles. The summed E-state index contributed by atoms with van der Waals surface area (Å²) in [4.78, 5) is 0. The van der Waals surface area contributed by atoms with Crippen LogP contribution in [-0.4, -0.2) is 6.98 Å². The monoisotopic (exact) mass is 216 g/mol. The smallest absolute Gasteiger partial charge is 0.449 e. The Labute approximate surface area is 120 Å². The first-order valence-electron chi connectivity index (χ1n) is 4.72. The van der Waals surface area contributed by atoms with Crippen molar-refractivity contribution in [1.82, 2.24) is 0 Å². The van der Waals surface area contributed by atoms with Crippen molar-refractivity contribution in [3.63, 3.8) is 0 Å². The van der Waals surface area contributed by atoms with Crippen molar-refractivity contribution in [2.75, 3.05) is 0 Å². The molecular weight excluding hydrogens is 203 g/mol. The Bertz CT molecular complexity index is 178. The van der Waals surface area contributed by atoms with Crippen LogP contribution < -0.4 is 51.4 Å². The van der Waals surface area contributed by atoms with Gasteiger partial charge in [0.15, 0.2) is 0 Å². The summed E-state index contributed by atoms with van der Waals surface area (Å²) in [6.45, 7) is -4.54. The van der Waals surface area contributed by atoms with Crippen LogP contribution in [0.3, 0.4) is 0 Å². The van der Waals surface area contributed by atoms with Crippen LogP contribution in [0.25, 0.3) is 0 Å². The Hall–Kier alpha value is 1.49. The van der Waals surface area contributed by atoms with E-state index in [4.69, 9.17) is 0 Å². The van der Waals surface area contributed by atoms with E-state index in [-0.39, 0.29) is 51.4 Å². The summed E-state index contributed by atoms with van der Waals surface area (Å²) in [7, 11) is 0. The predicted molar refractivity (Wildman–Crippen MR) is 43.0 cm³/mol. The Balaban J connectivity index is 0.000000845. The third kappa shape index (κ3) is 2.97. The van der Waals surface area contributed by atoms with Crippen LogP contribution in [0.15, 0.2) is 0 Å². The molecule has 70 valence electrons. The molecule has 0 nitrogen and oxygen atoms in total. The maximum absolute atomic E-state index is 12.3. The molecule has 0 amide bonds. The van der Waals surface area contributed by atoms with Gasteiger partial charge in [0.25, 0.3) is 0 Å². The third-order valence-electron chi connectivity index (χ3n) is 3.58. The van der Waals surface area contributed by atoms with Gasteiger partial charge in [-0.25, -0.2) is 0 Å². The molecule has 0 heterocycles. The molecule has 2 aliphatic rings. The molecule has 0 bridgehead atoms. The zero-order chi connectivity index (χ0) is 8.82. The van der Waals surface area contributed by atoms with E-state index in [9.17, 15) is 12.9 Å². The molecule has 2 rings (SSSR count). The average Bonchev–Trinajstić information content (AvgIpc) is 2.68. The van der Waals surface area contributed by atoms with Crippen molar-refractivity contribution in [2.24, 2.45) is 5.41 Å². The third-order valence-corrected chi connectivity index (χ3v) is 3.58. The minimum atomic E-state index is -4.54. The molecule has 0 atom stereocenters. The van der Waals surface area contributed by atoms with Crippen LogP contribution >= 0.6 is 0 Å². The van der Waals surface area contributed by atoms with Gasteiger partial charge < -0.3 is 12.9 Å². The molecule has 0 unspecified atom stereocenters. The second kappa shape index (κ2) is 4.16. The number of halogens is 3. The van der Waals surface area contributed by atoms with Crippen molar-refractivity contribution >= 4 is 6.98 Å². The van der Waals surface area contributed by atoms with E-state index in [0.29, 0.717) is 18.3 Å². The molecule has 2 saturated carbocycles. The fourth-order valence-electron chi connectivity index (χ4n) is 2.31. The molecule has 13 heavy (non-hydrogen) atoms. The topological polar surface area (TPSA) is 0 Å². The molecule has 0 aliphatic heterocycles. The molecule has 5 heteroatoms. The van der Waals surface area contributed by atoms with Crippen molar-refractivity contribution in [1.29, 1.82) is 0 Å². The molecule has 1 spiro atoms. The summed E-state index contributed by atoms with van der Waals surface area (Å²) < 4.78 is 36.8. The van der Waals surface area contributed by atoms with Crippen molar-refractivity contribution in [3.8, 4) is 0 Å². The summed E-state index contributed by atoms with van der Waals surface area (Å²) in [5.74, 6) is -0.934. The minimum Gasteiger partial charge on any atom is -0.449 e. The van der Waals surface area contributed by atoms with Crippen molar-refractivity contribution in [3.05, 3.63) is 0 Å². The Kier molecular flexibility index (Phi) is 4.02. The fourth-order valence-corrected chi connectivity index (χ4v) is 2.31. The number of hydrogen-bond acceptors (Lipinski definition) is 0. The van der Waals surface area contributed by atoms with Crippen molar-refractivity contribution < 1.29 is 64.3 Å². The van der Waals surface area contributed by atoms with Gasteiger partial charge in [0.2, 0.25) is 0 Å². The second-order valence-corrected chi connectivity index (χ2v) is 4.46. The number of rotatable bonds is 1. The van der Waals surface area contributed by atoms with Gasteiger partial charge in [-0.1, -0.05) is 31.5 Å². The first kappa shape index (κ1) is 12.6. The van der Waals surface area contributed by atoms with Gasteiger partial charge in [0.05, 0.1) is 0 Å². The van der Waals surface area contributed by atoms with Gasteiger partial charge >= 0.3 is 58.4 Å². The van der Waals surface area contributed by atoms with Crippen LogP contribution in [0.1, 0.15) is 38.5 Å². The van der Waals surface area contributed by atoms with Crippen LogP contribution in [-0.2, 0) is 0 Å². The summed E-state index contributed by atoms with van der Waals surface area (Å²) in [5, 5.41) is 0.